The van der Waals surface area contributed by atoms with Crippen molar-refractivity contribution in [3.05, 3.63) is 108 Å². The van der Waals surface area contributed by atoms with Gasteiger partial charge >= 0.3 is 0 Å². The molecule has 0 unspecified atom stereocenters. The Kier molecular flexibility index (Phi) is 6.49. The Morgan fingerprint density at radius 2 is 1.46 bits per heavy atom. The topological polar surface area (TPSA) is 52.7 Å². The summed E-state index contributed by atoms with van der Waals surface area (Å²) in [7, 11) is 0. The first-order valence-electron chi connectivity index (χ1n) is 12.0. The van der Waals surface area contributed by atoms with Crippen LogP contribution in [0.15, 0.2) is 91.0 Å². The number of hydrogen-bond acceptors (Lipinski definition) is 3. The molecule has 0 saturated carbocycles. The molecule has 1 saturated heterocycles. The van der Waals surface area contributed by atoms with Crippen molar-refractivity contribution >= 4 is 34.0 Å². The first kappa shape index (κ1) is 22.7. The second-order valence-corrected chi connectivity index (χ2v) is 9.03. The minimum atomic E-state index is -0.121. The molecule has 1 fully saturated rings. The van der Waals surface area contributed by atoms with Gasteiger partial charge in [-0.1, -0.05) is 54.6 Å². The lowest BCUT2D eigenvalue weighted by Crippen LogP contribution is -2.49. The van der Waals surface area contributed by atoms with Crippen LogP contribution in [0.25, 0.3) is 10.8 Å². The lowest BCUT2D eigenvalue weighted by Gasteiger charge is -2.36. The van der Waals surface area contributed by atoms with E-state index in [9.17, 15) is 9.59 Å². The molecule has 5 rings (SSSR count). The van der Waals surface area contributed by atoms with Crippen molar-refractivity contribution in [3.63, 3.8) is 0 Å². The van der Waals surface area contributed by atoms with Crippen molar-refractivity contribution in [2.24, 2.45) is 0 Å². The Labute approximate surface area is 206 Å². The number of fused-ring (bicyclic) bond motifs is 1. The van der Waals surface area contributed by atoms with Crippen molar-refractivity contribution in [1.82, 2.24) is 4.90 Å². The van der Waals surface area contributed by atoms with E-state index in [0.29, 0.717) is 25.1 Å². The molecular weight excluding hydrogens is 434 g/mol. The summed E-state index contributed by atoms with van der Waals surface area (Å²) in [5.41, 5.74) is 4.76. The van der Waals surface area contributed by atoms with Gasteiger partial charge in [0.1, 0.15) is 0 Å². The molecule has 35 heavy (non-hydrogen) atoms. The van der Waals surface area contributed by atoms with E-state index < -0.39 is 0 Å². The molecule has 5 heteroatoms. The van der Waals surface area contributed by atoms with Crippen LogP contribution in [0.4, 0.5) is 11.4 Å². The second-order valence-electron chi connectivity index (χ2n) is 9.03. The number of carbonyl (C=O) groups excluding carboxylic acids is 2. The molecule has 1 heterocycles. The fourth-order valence-electron chi connectivity index (χ4n) is 4.59. The number of nitrogens with zero attached hydrogens (tertiary/aromatic N) is 2. The van der Waals surface area contributed by atoms with E-state index >= 15 is 0 Å². The van der Waals surface area contributed by atoms with Crippen molar-refractivity contribution in [3.8, 4) is 0 Å². The molecular formula is C30H29N3O2. The monoisotopic (exact) mass is 463 g/mol. The van der Waals surface area contributed by atoms with Crippen molar-refractivity contribution in [2.45, 2.75) is 13.3 Å². The van der Waals surface area contributed by atoms with E-state index in [1.54, 1.807) is 0 Å². The third-order valence-electron chi connectivity index (χ3n) is 6.74. The summed E-state index contributed by atoms with van der Waals surface area (Å²) in [5.74, 6) is 0.0648. The second kappa shape index (κ2) is 10.0. The molecule has 4 aromatic carbocycles. The third-order valence-corrected chi connectivity index (χ3v) is 6.74. The zero-order valence-electron chi connectivity index (χ0n) is 19.9. The summed E-state index contributed by atoms with van der Waals surface area (Å²) in [6.07, 6.45) is 0.457. The van der Waals surface area contributed by atoms with Gasteiger partial charge < -0.3 is 15.1 Å². The molecule has 0 radical (unpaired) electrons. The lowest BCUT2D eigenvalue weighted by atomic mass is 10.1. The first-order chi connectivity index (χ1) is 17.1. The average Bonchev–Trinajstić information content (AvgIpc) is 2.90. The van der Waals surface area contributed by atoms with Crippen molar-refractivity contribution in [2.75, 3.05) is 36.4 Å². The molecule has 5 nitrogen and oxygen atoms in total. The van der Waals surface area contributed by atoms with Crippen LogP contribution in [-0.4, -0.2) is 42.9 Å². The maximum Gasteiger partial charge on any atom is 0.255 e. The highest BCUT2D eigenvalue weighted by atomic mass is 16.2. The van der Waals surface area contributed by atoms with Crippen LogP contribution in [0, 0.1) is 6.92 Å². The normalized spacial score (nSPS) is 13.6. The van der Waals surface area contributed by atoms with E-state index in [0.717, 1.165) is 46.4 Å². The Bertz CT molecular complexity index is 1360. The maximum atomic E-state index is 12.8. The summed E-state index contributed by atoms with van der Waals surface area (Å²) >= 11 is 0. The summed E-state index contributed by atoms with van der Waals surface area (Å²) in [6.45, 7) is 5.06. The smallest absolute Gasteiger partial charge is 0.255 e. The SMILES string of the molecule is Cc1ccccc1CC(=O)N1CCN(c2ccc(NC(=O)c3ccc4ccccc4c3)cc2)CC1. The zero-order valence-corrected chi connectivity index (χ0v) is 19.9. The fraction of sp³-hybridized carbons (Fsp3) is 0.200. The molecule has 1 N–H and O–H groups in total. The number of hydrogen-bond donors (Lipinski definition) is 1. The van der Waals surface area contributed by atoms with Crippen LogP contribution in [0.2, 0.25) is 0 Å². The minimum absolute atomic E-state index is 0.121. The lowest BCUT2D eigenvalue weighted by molar-refractivity contribution is -0.130. The fourth-order valence-corrected chi connectivity index (χ4v) is 4.59. The number of rotatable bonds is 5. The van der Waals surface area contributed by atoms with E-state index in [1.165, 1.54) is 0 Å². The Balaban J connectivity index is 1.16. The molecule has 1 aliphatic heterocycles. The minimum Gasteiger partial charge on any atom is -0.368 e. The highest BCUT2D eigenvalue weighted by Gasteiger charge is 2.22. The largest absolute Gasteiger partial charge is 0.368 e. The van der Waals surface area contributed by atoms with Crippen LogP contribution >= 0.6 is 0 Å². The molecule has 4 aromatic rings. The van der Waals surface area contributed by atoms with E-state index in [-0.39, 0.29) is 11.8 Å². The summed E-state index contributed by atoms with van der Waals surface area (Å²) in [5, 5.41) is 5.16. The van der Waals surface area contributed by atoms with Crippen molar-refractivity contribution < 1.29 is 9.59 Å². The molecule has 0 atom stereocenters. The first-order valence-corrected chi connectivity index (χ1v) is 12.0. The van der Waals surface area contributed by atoms with Gasteiger partial charge in [0.2, 0.25) is 5.91 Å². The Hall–Kier alpha value is -4.12. The van der Waals surface area contributed by atoms with E-state index in [4.69, 9.17) is 0 Å². The third kappa shape index (κ3) is 5.19. The van der Waals surface area contributed by atoms with E-state index in [2.05, 4.69) is 23.2 Å². The van der Waals surface area contributed by atoms with Gasteiger partial charge in [-0.15, -0.1) is 0 Å². The van der Waals surface area contributed by atoms with Crippen LogP contribution < -0.4 is 10.2 Å². The van der Waals surface area contributed by atoms with Crippen LogP contribution in [0.1, 0.15) is 21.5 Å². The van der Waals surface area contributed by atoms with Gasteiger partial charge in [-0.25, -0.2) is 0 Å². The highest BCUT2D eigenvalue weighted by Crippen LogP contribution is 2.22. The number of amides is 2. The number of anilines is 2. The number of carbonyl (C=O) groups is 2. The Morgan fingerprint density at radius 3 is 2.20 bits per heavy atom. The summed E-state index contributed by atoms with van der Waals surface area (Å²) in [4.78, 5) is 29.7. The molecule has 0 aromatic heterocycles. The number of aryl methyl sites for hydroxylation is 1. The molecule has 0 aliphatic carbocycles. The van der Waals surface area contributed by atoms with Gasteiger partial charge in [-0.2, -0.15) is 0 Å². The number of benzene rings is 4. The molecule has 176 valence electrons. The van der Waals surface area contributed by atoms with Crippen molar-refractivity contribution in [1.29, 1.82) is 0 Å². The highest BCUT2D eigenvalue weighted by molar-refractivity contribution is 6.06. The Morgan fingerprint density at radius 1 is 0.771 bits per heavy atom. The van der Waals surface area contributed by atoms with Crippen LogP contribution in [-0.2, 0) is 11.2 Å². The quantitative estimate of drug-likeness (QED) is 0.437. The number of piperazine rings is 1. The predicted molar refractivity (Wildman–Crippen MR) is 142 cm³/mol. The predicted octanol–water partition coefficient (Wildman–Crippen LogP) is 5.29. The number of nitrogens with one attached hydrogen (secondary N) is 1. The van der Waals surface area contributed by atoms with Crippen LogP contribution in [0.3, 0.4) is 0 Å². The molecule has 0 spiro atoms. The van der Waals surface area contributed by atoms with Gasteiger partial charge in [0.25, 0.3) is 5.91 Å². The van der Waals surface area contributed by atoms with Gasteiger partial charge in [0.15, 0.2) is 0 Å². The van der Waals surface area contributed by atoms with Crippen LogP contribution in [0.5, 0.6) is 0 Å². The maximum absolute atomic E-state index is 12.8. The molecule has 2 amide bonds. The zero-order chi connectivity index (χ0) is 24.2. The van der Waals surface area contributed by atoms with Gasteiger partial charge in [0, 0.05) is 43.1 Å². The summed E-state index contributed by atoms with van der Waals surface area (Å²) in [6, 6.07) is 29.8. The standard InChI is InChI=1S/C30H29N3O2/c1-22-6-2-3-8-24(22)21-29(34)33-18-16-32(17-19-33)28-14-12-27(13-15-28)31-30(35)26-11-10-23-7-4-5-9-25(23)20-26/h2-15,20H,16-19,21H2,1H3,(H,31,35). The average molecular weight is 464 g/mol. The van der Waals surface area contributed by atoms with Gasteiger partial charge in [-0.05, 0) is 65.2 Å². The summed E-state index contributed by atoms with van der Waals surface area (Å²) < 4.78 is 0. The van der Waals surface area contributed by atoms with Gasteiger partial charge in [-0.3, -0.25) is 9.59 Å². The molecule has 0 bridgehead atoms. The molecule has 1 aliphatic rings. The van der Waals surface area contributed by atoms with Gasteiger partial charge in [0.05, 0.1) is 6.42 Å². The van der Waals surface area contributed by atoms with E-state index in [1.807, 2.05) is 89.8 Å².